The molecule has 1 aliphatic heterocycles. The van der Waals surface area contributed by atoms with Gasteiger partial charge in [-0.3, -0.25) is 4.79 Å². The third kappa shape index (κ3) is 1.42. The van der Waals surface area contributed by atoms with Gasteiger partial charge in [-0.05, 0) is 6.92 Å². The second-order valence-electron chi connectivity index (χ2n) is 2.40. The van der Waals surface area contributed by atoms with Crippen LogP contribution in [0.3, 0.4) is 0 Å². The van der Waals surface area contributed by atoms with Crippen LogP contribution in [0.1, 0.15) is 13.3 Å². The van der Waals surface area contributed by atoms with E-state index in [1.165, 1.54) is 0 Å². The Balaban J connectivity index is 2.21. The fourth-order valence-electron chi connectivity index (χ4n) is 0.874. The second-order valence-corrected chi connectivity index (χ2v) is 2.40. The summed E-state index contributed by atoms with van der Waals surface area (Å²) < 4.78 is 4.98. The van der Waals surface area contributed by atoms with Crippen LogP contribution < -0.4 is 0 Å². The van der Waals surface area contributed by atoms with Crippen LogP contribution in [-0.4, -0.2) is 23.8 Å². The fraction of sp³-hybridized carbons (Fsp3) is 0.833. The number of carboxylic acid groups (broad SMARTS) is 1. The lowest BCUT2D eigenvalue weighted by Gasteiger charge is -2.32. The summed E-state index contributed by atoms with van der Waals surface area (Å²) in [6.07, 6.45) is 0.405. The number of hydrogen-bond acceptors (Lipinski definition) is 2. The van der Waals surface area contributed by atoms with E-state index in [9.17, 15) is 4.79 Å². The second kappa shape index (κ2) is 2.35. The maximum atomic E-state index is 10.1. The Bertz CT molecular complexity index is 121. The Morgan fingerprint density at radius 3 is 2.67 bits per heavy atom. The predicted molar refractivity (Wildman–Crippen MR) is 31.2 cm³/mol. The van der Waals surface area contributed by atoms with E-state index in [4.69, 9.17) is 9.84 Å². The zero-order valence-corrected chi connectivity index (χ0v) is 5.33. The zero-order chi connectivity index (χ0) is 6.85. The maximum absolute atomic E-state index is 10.1. The Hall–Kier alpha value is -0.570. The molecule has 0 aromatic carbocycles. The predicted octanol–water partition coefficient (Wildman–Crippen LogP) is 0.496. The minimum absolute atomic E-state index is 0.154. The van der Waals surface area contributed by atoms with E-state index in [-0.39, 0.29) is 18.4 Å². The van der Waals surface area contributed by atoms with Crippen molar-refractivity contribution in [3.63, 3.8) is 0 Å². The van der Waals surface area contributed by atoms with Crippen LogP contribution in [-0.2, 0) is 9.53 Å². The summed E-state index contributed by atoms with van der Waals surface area (Å²) in [5.41, 5.74) is 0. The van der Waals surface area contributed by atoms with E-state index in [0.717, 1.165) is 0 Å². The third-order valence-corrected chi connectivity index (χ3v) is 1.67. The summed E-state index contributed by atoms with van der Waals surface area (Å²) in [5.74, 6) is -0.474. The third-order valence-electron chi connectivity index (χ3n) is 1.67. The highest BCUT2D eigenvalue weighted by Crippen LogP contribution is 2.22. The van der Waals surface area contributed by atoms with Crippen molar-refractivity contribution in [2.24, 2.45) is 5.92 Å². The first kappa shape index (κ1) is 6.55. The first-order valence-electron chi connectivity index (χ1n) is 3.03. The van der Waals surface area contributed by atoms with Crippen LogP contribution in [0.4, 0.5) is 0 Å². The molecule has 3 nitrogen and oxygen atoms in total. The normalized spacial score (nSPS) is 33.4. The highest BCUT2D eigenvalue weighted by atomic mass is 16.5. The Labute approximate surface area is 53.6 Å². The molecule has 1 N–H and O–H groups in total. The summed E-state index contributed by atoms with van der Waals surface area (Å²) in [4.78, 5) is 10.1. The zero-order valence-electron chi connectivity index (χ0n) is 5.33. The van der Waals surface area contributed by atoms with Crippen LogP contribution in [0.25, 0.3) is 0 Å². The van der Waals surface area contributed by atoms with Crippen molar-refractivity contribution in [3.8, 4) is 0 Å². The SMILES string of the molecule is C[C@H]1OC[C@@H]1CC(=O)O. The molecule has 1 saturated heterocycles. The molecule has 0 aromatic rings. The summed E-state index contributed by atoms with van der Waals surface area (Å²) in [6, 6.07) is 0. The molecule has 2 atom stereocenters. The first-order valence-corrected chi connectivity index (χ1v) is 3.03. The van der Waals surface area contributed by atoms with Gasteiger partial charge in [0.05, 0.1) is 19.1 Å². The molecule has 0 spiro atoms. The van der Waals surface area contributed by atoms with Gasteiger partial charge >= 0.3 is 5.97 Å². The monoisotopic (exact) mass is 130 g/mol. The molecular weight excluding hydrogens is 120 g/mol. The molecule has 1 rings (SSSR count). The lowest BCUT2D eigenvalue weighted by atomic mass is 9.96. The molecule has 1 heterocycles. The van der Waals surface area contributed by atoms with Crippen molar-refractivity contribution in [2.45, 2.75) is 19.4 Å². The molecular formula is C6H10O3. The number of carboxylic acids is 1. The molecule has 0 amide bonds. The molecule has 0 bridgehead atoms. The average molecular weight is 130 g/mol. The minimum Gasteiger partial charge on any atom is -0.481 e. The first-order chi connectivity index (χ1) is 4.20. The topological polar surface area (TPSA) is 46.5 Å². The summed E-state index contributed by atoms with van der Waals surface area (Å²) in [6.45, 7) is 2.52. The van der Waals surface area contributed by atoms with Crippen molar-refractivity contribution < 1.29 is 14.6 Å². The van der Waals surface area contributed by atoms with Crippen molar-refractivity contribution in [3.05, 3.63) is 0 Å². The molecule has 0 aromatic heterocycles. The minimum atomic E-state index is -0.727. The van der Waals surface area contributed by atoms with Gasteiger partial charge in [-0.1, -0.05) is 0 Å². The van der Waals surface area contributed by atoms with E-state index < -0.39 is 5.97 Å². The molecule has 9 heavy (non-hydrogen) atoms. The highest BCUT2D eigenvalue weighted by Gasteiger charge is 2.29. The van der Waals surface area contributed by atoms with Gasteiger partial charge in [0.15, 0.2) is 0 Å². The highest BCUT2D eigenvalue weighted by molar-refractivity contribution is 5.67. The lowest BCUT2D eigenvalue weighted by molar-refractivity contribution is -0.150. The number of carbonyl (C=O) groups is 1. The Morgan fingerprint density at radius 2 is 2.56 bits per heavy atom. The molecule has 0 aliphatic carbocycles. The van der Waals surface area contributed by atoms with Gasteiger partial charge in [-0.2, -0.15) is 0 Å². The van der Waals surface area contributed by atoms with Crippen molar-refractivity contribution >= 4 is 5.97 Å². The van der Waals surface area contributed by atoms with Gasteiger partial charge in [-0.25, -0.2) is 0 Å². The fourth-order valence-corrected chi connectivity index (χ4v) is 0.874. The van der Waals surface area contributed by atoms with E-state index in [1.807, 2.05) is 6.92 Å². The van der Waals surface area contributed by atoms with Gasteiger partial charge in [0.2, 0.25) is 0 Å². The standard InChI is InChI=1S/C6H10O3/c1-4-5(3-9-4)2-6(7)8/h4-5H,2-3H2,1H3,(H,7,8)/t4-,5+/m1/s1. The van der Waals surface area contributed by atoms with Crippen LogP contribution >= 0.6 is 0 Å². The van der Waals surface area contributed by atoms with Gasteiger partial charge in [0, 0.05) is 5.92 Å². The van der Waals surface area contributed by atoms with E-state index >= 15 is 0 Å². The van der Waals surface area contributed by atoms with E-state index in [0.29, 0.717) is 6.61 Å². The maximum Gasteiger partial charge on any atom is 0.303 e. The molecule has 1 aliphatic rings. The van der Waals surface area contributed by atoms with Crippen LogP contribution in [0.5, 0.6) is 0 Å². The quantitative estimate of drug-likeness (QED) is 0.592. The number of rotatable bonds is 2. The molecule has 52 valence electrons. The van der Waals surface area contributed by atoms with Gasteiger partial charge in [0.25, 0.3) is 0 Å². The van der Waals surface area contributed by atoms with Crippen molar-refractivity contribution in [1.29, 1.82) is 0 Å². The summed E-state index contributed by atoms with van der Waals surface area (Å²) in [5, 5.41) is 8.31. The van der Waals surface area contributed by atoms with Gasteiger partial charge in [0.1, 0.15) is 0 Å². The Morgan fingerprint density at radius 1 is 1.89 bits per heavy atom. The molecule has 0 saturated carbocycles. The van der Waals surface area contributed by atoms with Gasteiger partial charge < -0.3 is 9.84 Å². The molecule has 3 heteroatoms. The van der Waals surface area contributed by atoms with E-state index in [2.05, 4.69) is 0 Å². The molecule has 0 radical (unpaired) electrons. The summed E-state index contributed by atoms with van der Waals surface area (Å²) in [7, 11) is 0. The van der Waals surface area contributed by atoms with Crippen LogP contribution in [0.2, 0.25) is 0 Å². The number of aliphatic carboxylic acids is 1. The average Bonchev–Trinajstić information content (AvgIpc) is 1.79. The van der Waals surface area contributed by atoms with Crippen molar-refractivity contribution in [1.82, 2.24) is 0 Å². The largest absolute Gasteiger partial charge is 0.481 e. The Kier molecular flexibility index (Phi) is 1.71. The molecule has 1 fully saturated rings. The molecule has 0 unspecified atom stereocenters. The van der Waals surface area contributed by atoms with Gasteiger partial charge in [-0.15, -0.1) is 0 Å². The van der Waals surface area contributed by atoms with Crippen LogP contribution in [0, 0.1) is 5.92 Å². The smallest absolute Gasteiger partial charge is 0.303 e. The number of hydrogen-bond donors (Lipinski definition) is 1. The number of ether oxygens (including phenoxy) is 1. The van der Waals surface area contributed by atoms with E-state index in [1.54, 1.807) is 0 Å². The van der Waals surface area contributed by atoms with Crippen molar-refractivity contribution in [2.75, 3.05) is 6.61 Å². The summed E-state index contributed by atoms with van der Waals surface area (Å²) >= 11 is 0. The lowest BCUT2D eigenvalue weighted by Crippen LogP contribution is -2.38. The van der Waals surface area contributed by atoms with Crippen LogP contribution in [0.15, 0.2) is 0 Å².